The first-order chi connectivity index (χ1) is 20.2. The van der Waals surface area contributed by atoms with Crippen LogP contribution in [0.15, 0.2) is 12.2 Å². The van der Waals surface area contributed by atoms with Gasteiger partial charge in [-0.2, -0.15) is 0 Å². The molecule has 42 heavy (non-hydrogen) atoms. The summed E-state index contributed by atoms with van der Waals surface area (Å²) in [6.07, 6.45) is 20.6. The highest BCUT2D eigenvalue weighted by Gasteiger charge is 2.27. The maximum Gasteiger partial charge on any atom is 0.472 e. The average Bonchev–Trinajstić information content (AvgIpc) is 2.97. The van der Waals surface area contributed by atoms with E-state index in [4.69, 9.17) is 19.1 Å². The van der Waals surface area contributed by atoms with Gasteiger partial charge in [0.25, 0.3) is 0 Å². The number of ether oxygens (including phenoxy) is 2. The molecule has 0 fully saturated rings. The Labute approximate surface area is 254 Å². The van der Waals surface area contributed by atoms with Gasteiger partial charge in [0.1, 0.15) is 12.7 Å². The normalized spacial score (nSPS) is 14.5. The van der Waals surface area contributed by atoms with Crippen LogP contribution in [0.5, 0.6) is 0 Å². The molecule has 0 radical (unpaired) electrons. The molecule has 0 bridgehead atoms. The minimum absolute atomic E-state index is 0.176. The van der Waals surface area contributed by atoms with Crippen molar-refractivity contribution in [2.24, 2.45) is 0 Å². The van der Waals surface area contributed by atoms with Crippen LogP contribution in [-0.2, 0) is 32.7 Å². The van der Waals surface area contributed by atoms with Crippen LogP contribution < -0.4 is 0 Å². The minimum atomic E-state index is -4.60. The molecule has 0 aliphatic heterocycles. The predicted molar refractivity (Wildman–Crippen MR) is 164 cm³/mol. The molecule has 10 nitrogen and oxygen atoms in total. The van der Waals surface area contributed by atoms with Gasteiger partial charge >= 0.3 is 19.8 Å². The first-order valence-corrected chi connectivity index (χ1v) is 17.6. The molecular weight excluding hydrogens is 563 g/mol. The smallest absolute Gasteiger partial charge is 0.462 e. The topological polar surface area (TPSA) is 149 Å². The molecule has 0 aromatic heterocycles. The van der Waals surface area contributed by atoms with Gasteiger partial charge in [-0.3, -0.25) is 18.6 Å². The lowest BCUT2D eigenvalue weighted by molar-refractivity contribution is -0.161. The zero-order valence-electron chi connectivity index (χ0n) is 26.2. The van der Waals surface area contributed by atoms with Crippen molar-refractivity contribution in [2.75, 3.05) is 26.4 Å². The Morgan fingerprint density at radius 2 is 1.19 bits per heavy atom. The van der Waals surface area contributed by atoms with Gasteiger partial charge in [-0.15, -0.1) is 0 Å². The number of hydrogen-bond donors (Lipinski definition) is 3. The zero-order chi connectivity index (χ0) is 31.3. The number of carbonyl (C=O) groups excluding carboxylic acids is 2. The Morgan fingerprint density at radius 1 is 0.690 bits per heavy atom. The number of phosphoric acid groups is 1. The van der Waals surface area contributed by atoms with Crippen molar-refractivity contribution in [3.05, 3.63) is 12.2 Å². The molecule has 0 amide bonds. The fourth-order valence-corrected chi connectivity index (χ4v) is 4.88. The average molecular weight is 623 g/mol. The van der Waals surface area contributed by atoms with Crippen molar-refractivity contribution in [3.63, 3.8) is 0 Å². The third-order valence-corrected chi connectivity index (χ3v) is 7.62. The van der Waals surface area contributed by atoms with Crippen LogP contribution in [0.4, 0.5) is 0 Å². The second-order valence-electron chi connectivity index (χ2n) is 10.8. The van der Waals surface area contributed by atoms with Crippen LogP contribution in [0.1, 0.15) is 136 Å². The largest absolute Gasteiger partial charge is 0.472 e. The lowest BCUT2D eigenvalue weighted by Gasteiger charge is -2.20. The quantitative estimate of drug-likeness (QED) is 0.0333. The van der Waals surface area contributed by atoms with Crippen LogP contribution in [0.3, 0.4) is 0 Å². The van der Waals surface area contributed by atoms with Crippen LogP contribution in [0.2, 0.25) is 0 Å². The van der Waals surface area contributed by atoms with E-state index in [1.807, 2.05) is 0 Å². The van der Waals surface area contributed by atoms with Crippen molar-refractivity contribution in [1.82, 2.24) is 0 Å². The highest BCUT2D eigenvalue weighted by Crippen LogP contribution is 2.43. The maximum atomic E-state index is 12.4. The van der Waals surface area contributed by atoms with Crippen LogP contribution in [-0.4, -0.2) is 65.7 Å². The molecule has 0 spiro atoms. The molecule has 11 heteroatoms. The maximum absolute atomic E-state index is 12.4. The molecule has 0 aliphatic carbocycles. The Hall–Kier alpha value is -1.29. The van der Waals surface area contributed by atoms with Crippen LogP contribution >= 0.6 is 7.82 Å². The first kappa shape index (κ1) is 40.7. The first-order valence-electron chi connectivity index (χ1n) is 16.1. The van der Waals surface area contributed by atoms with E-state index < -0.39 is 51.8 Å². The lowest BCUT2D eigenvalue weighted by Crippen LogP contribution is -2.29. The van der Waals surface area contributed by atoms with E-state index in [0.29, 0.717) is 12.8 Å². The summed E-state index contributed by atoms with van der Waals surface area (Å²) in [7, 11) is -4.60. The number of aliphatic hydroxyl groups excluding tert-OH is 2. The standard InChI is InChI=1S/C31H59O10P/c1-3-5-7-9-11-13-14-15-17-19-21-23-31(35)41-29(27-40-42(36,37)39-25-28(33)24-32)26-38-30(34)22-20-18-16-12-10-8-6-4-2/h9,11,28-29,32-33H,3-8,10,12-27H2,1-2H3,(H,36,37)/b11-9+/t28-,29+/m0/s1. The molecule has 1 unspecified atom stereocenters. The van der Waals surface area contributed by atoms with E-state index in [1.165, 1.54) is 38.5 Å². The molecular formula is C31H59O10P. The molecule has 0 aliphatic rings. The van der Waals surface area contributed by atoms with Gasteiger partial charge in [0.15, 0.2) is 6.10 Å². The number of phosphoric ester groups is 1. The van der Waals surface area contributed by atoms with Crippen molar-refractivity contribution < 1.29 is 47.8 Å². The van der Waals surface area contributed by atoms with Crippen molar-refractivity contribution in [2.45, 2.75) is 148 Å². The predicted octanol–water partition coefficient (Wildman–Crippen LogP) is 6.94. The van der Waals surface area contributed by atoms with Gasteiger partial charge < -0.3 is 24.6 Å². The Kier molecular flexibility index (Phi) is 27.6. The summed E-state index contributed by atoms with van der Waals surface area (Å²) < 4.78 is 32.3. The molecule has 3 N–H and O–H groups in total. The summed E-state index contributed by atoms with van der Waals surface area (Å²) in [5.74, 6) is -0.942. The van der Waals surface area contributed by atoms with Gasteiger partial charge in [0.2, 0.25) is 0 Å². The van der Waals surface area contributed by atoms with E-state index in [2.05, 4.69) is 30.5 Å². The van der Waals surface area contributed by atoms with Gasteiger partial charge in [-0.25, -0.2) is 4.57 Å². The number of hydrogen-bond acceptors (Lipinski definition) is 9. The van der Waals surface area contributed by atoms with Gasteiger partial charge in [-0.05, 0) is 32.1 Å². The fraction of sp³-hybridized carbons (Fsp3) is 0.871. The Morgan fingerprint density at radius 3 is 1.79 bits per heavy atom. The number of rotatable bonds is 30. The van der Waals surface area contributed by atoms with Crippen molar-refractivity contribution in [1.29, 1.82) is 0 Å². The van der Waals surface area contributed by atoms with Crippen LogP contribution in [0.25, 0.3) is 0 Å². The van der Waals surface area contributed by atoms with Crippen molar-refractivity contribution >= 4 is 19.8 Å². The van der Waals surface area contributed by atoms with E-state index in [-0.39, 0.29) is 19.4 Å². The Balaban J connectivity index is 4.48. The summed E-state index contributed by atoms with van der Waals surface area (Å²) in [6.45, 7) is 2.26. The molecule has 0 heterocycles. The van der Waals surface area contributed by atoms with Gasteiger partial charge in [-0.1, -0.05) is 103 Å². The monoisotopic (exact) mass is 622 g/mol. The second-order valence-corrected chi connectivity index (χ2v) is 12.3. The fourth-order valence-electron chi connectivity index (χ4n) is 4.09. The van der Waals surface area contributed by atoms with Crippen molar-refractivity contribution in [3.8, 4) is 0 Å². The summed E-state index contributed by atoms with van der Waals surface area (Å²) in [5, 5.41) is 18.2. The number of esters is 2. The third kappa shape index (κ3) is 27.5. The SMILES string of the molecule is CCCC/C=C/CCCCCCCC(=O)O[C@H](COC(=O)CCCCCCCCCC)COP(=O)(O)OC[C@@H](O)CO. The zero-order valence-corrected chi connectivity index (χ0v) is 27.1. The summed E-state index contributed by atoms with van der Waals surface area (Å²) in [4.78, 5) is 34.5. The number of unbranched alkanes of at least 4 members (excludes halogenated alkanes) is 14. The summed E-state index contributed by atoms with van der Waals surface area (Å²) in [6, 6.07) is 0. The molecule has 248 valence electrons. The Bertz CT molecular complexity index is 731. The number of allylic oxidation sites excluding steroid dienone is 2. The molecule has 0 rings (SSSR count). The van der Waals surface area contributed by atoms with Gasteiger partial charge in [0, 0.05) is 12.8 Å². The van der Waals surface area contributed by atoms with Gasteiger partial charge in [0.05, 0.1) is 19.8 Å². The van der Waals surface area contributed by atoms with Crippen LogP contribution in [0, 0.1) is 0 Å². The molecule has 0 saturated heterocycles. The number of aliphatic hydroxyl groups is 2. The highest BCUT2D eigenvalue weighted by atomic mass is 31.2. The summed E-state index contributed by atoms with van der Waals surface area (Å²) >= 11 is 0. The van der Waals surface area contributed by atoms with E-state index in [1.54, 1.807) is 0 Å². The highest BCUT2D eigenvalue weighted by molar-refractivity contribution is 7.47. The molecule has 0 aromatic carbocycles. The summed E-state index contributed by atoms with van der Waals surface area (Å²) in [5.41, 5.74) is 0. The molecule has 0 aromatic rings. The van der Waals surface area contributed by atoms with E-state index in [9.17, 15) is 24.2 Å². The molecule has 3 atom stereocenters. The third-order valence-electron chi connectivity index (χ3n) is 6.67. The minimum Gasteiger partial charge on any atom is -0.462 e. The van der Waals surface area contributed by atoms with E-state index >= 15 is 0 Å². The second kappa shape index (κ2) is 28.5. The molecule has 0 saturated carbocycles. The van der Waals surface area contributed by atoms with E-state index in [0.717, 1.165) is 57.8 Å². The number of carbonyl (C=O) groups is 2. The lowest BCUT2D eigenvalue weighted by atomic mass is 10.1.